The number of aromatic nitrogens is 1. The molecular formula is C14H14F6N2O4Y-2. The van der Waals surface area contributed by atoms with Crippen molar-refractivity contribution in [2.24, 2.45) is 0 Å². The molecule has 0 fully saturated rings. The summed E-state index contributed by atoms with van der Waals surface area (Å²) in [7, 11) is 0. The Morgan fingerprint density at radius 1 is 1.11 bits per heavy atom. The number of anilines is 1. The number of alkyl halides is 6. The van der Waals surface area contributed by atoms with Crippen molar-refractivity contribution in [1.82, 2.24) is 4.98 Å². The largest absolute Gasteiger partial charge is 0.503 e. The van der Waals surface area contributed by atoms with Crippen LogP contribution in [0.4, 0.5) is 32.2 Å². The third kappa shape index (κ3) is 10.3. The Balaban J connectivity index is 0. The molecule has 1 heterocycles. The van der Waals surface area contributed by atoms with Crippen LogP contribution in [-0.4, -0.2) is 28.1 Å². The molecule has 0 aromatic carbocycles. The smallest absolute Gasteiger partial charge is 0.421 e. The first kappa shape index (κ1) is 27.5. The van der Waals surface area contributed by atoms with E-state index in [2.05, 4.69) is 18.8 Å². The van der Waals surface area contributed by atoms with Crippen LogP contribution in [-0.2, 0) is 54.7 Å². The molecule has 13 heteroatoms. The van der Waals surface area contributed by atoms with E-state index in [9.17, 15) is 31.1 Å². The molecule has 1 amide bonds. The van der Waals surface area contributed by atoms with Crippen molar-refractivity contribution >= 4 is 17.7 Å². The van der Waals surface area contributed by atoms with Crippen LogP contribution in [0.15, 0.2) is 6.07 Å². The molecule has 1 aromatic rings. The number of rotatable bonds is 3. The molecule has 1 aromatic heterocycles. The molecular weight excluding hydrogens is 463 g/mol. The summed E-state index contributed by atoms with van der Waals surface area (Å²) in [5.41, 5.74) is -3.43. The van der Waals surface area contributed by atoms with Crippen LogP contribution in [0.1, 0.15) is 25.0 Å². The first-order chi connectivity index (χ1) is 11.6. The molecule has 0 unspecified atom stereocenters. The van der Waals surface area contributed by atoms with E-state index >= 15 is 0 Å². The van der Waals surface area contributed by atoms with Crippen molar-refractivity contribution in [2.75, 3.05) is 5.32 Å². The molecule has 6 nitrogen and oxygen atoms in total. The summed E-state index contributed by atoms with van der Waals surface area (Å²) in [6.07, 6.45) is -11.0. The van der Waals surface area contributed by atoms with Crippen molar-refractivity contribution in [2.45, 2.75) is 32.3 Å². The van der Waals surface area contributed by atoms with Gasteiger partial charge in [0.1, 0.15) is 11.4 Å². The fraction of sp³-hybridized carbons (Fsp3) is 0.357. The number of halogens is 6. The zero-order chi connectivity index (χ0) is 20.9. The molecule has 0 atom stereocenters. The van der Waals surface area contributed by atoms with Crippen LogP contribution in [0.25, 0.3) is 0 Å². The zero-order valence-electron chi connectivity index (χ0n) is 14.0. The van der Waals surface area contributed by atoms with Crippen LogP contribution < -0.4 is 10.1 Å². The van der Waals surface area contributed by atoms with E-state index in [1.54, 1.807) is 5.32 Å². The Hall–Kier alpha value is -1.69. The Bertz CT molecular complexity index is 658. The van der Waals surface area contributed by atoms with Crippen LogP contribution in [0, 0.1) is 13.8 Å². The Kier molecular flexibility index (Phi) is 10.8. The van der Waals surface area contributed by atoms with E-state index in [0.29, 0.717) is 0 Å². The quantitative estimate of drug-likeness (QED) is 0.514. The first-order valence-electron chi connectivity index (χ1n) is 6.59. The summed E-state index contributed by atoms with van der Waals surface area (Å²) in [5.74, 6) is -4.40. The number of carboxylic acids is 1. The maximum atomic E-state index is 12.9. The molecule has 1 rings (SSSR count). The van der Waals surface area contributed by atoms with Gasteiger partial charge in [0, 0.05) is 32.7 Å². The van der Waals surface area contributed by atoms with Crippen LogP contribution in [0.5, 0.6) is 5.88 Å². The number of carboxylic acid groups (broad SMARTS) is 1. The number of hydrogen-bond acceptors (Lipinski definition) is 4. The van der Waals surface area contributed by atoms with E-state index in [-0.39, 0.29) is 38.8 Å². The van der Waals surface area contributed by atoms with Gasteiger partial charge >= 0.3 is 12.4 Å². The molecule has 0 spiro atoms. The average molecular weight is 477 g/mol. The Morgan fingerprint density at radius 2 is 1.52 bits per heavy atom. The number of pyridine rings is 1. The third-order valence-corrected chi connectivity index (χ3v) is 2.20. The average Bonchev–Trinajstić information content (AvgIpc) is 2.33. The summed E-state index contributed by atoms with van der Waals surface area (Å²) in [6.45, 7) is 8.10. The summed E-state index contributed by atoms with van der Waals surface area (Å²) >= 11 is 0. The molecule has 2 N–H and O–H groups in total. The summed E-state index contributed by atoms with van der Waals surface area (Å²) in [6, 6.07) is -0.157. The van der Waals surface area contributed by atoms with Crippen LogP contribution in [0.3, 0.4) is 0 Å². The van der Waals surface area contributed by atoms with Crippen LogP contribution in [0.2, 0.25) is 0 Å². The maximum Gasteiger partial charge on any atom is 0.421 e. The van der Waals surface area contributed by atoms with E-state index < -0.39 is 53.2 Å². The second-order valence-corrected chi connectivity index (χ2v) is 4.84. The monoisotopic (exact) mass is 477 g/mol. The van der Waals surface area contributed by atoms with Crippen molar-refractivity contribution in [3.8, 4) is 5.88 Å². The Labute approximate surface area is 175 Å². The maximum absolute atomic E-state index is 12.9. The zero-order valence-corrected chi connectivity index (χ0v) is 16.9. The molecule has 0 saturated heterocycles. The number of aliphatic carboxylic acids is 1. The van der Waals surface area contributed by atoms with E-state index in [1.165, 1.54) is 13.8 Å². The number of hydrogen-bond donors (Lipinski definition) is 2. The number of carbonyl (C=O) groups is 2. The first-order valence-corrected chi connectivity index (χ1v) is 6.59. The minimum Gasteiger partial charge on any atom is -0.503 e. The van der Waals surface area contributed by atoms with Gasteiger partial charge in [0.15, 0.2) is 5.97 Å². The van der Waals surface area contributed by atoms with Crippen molar-refractivity contribution in [3.05, 3.63) is 31.0 Å². The second-order valence-electron chi connectivity index (χ2n) is 4.84. The predicted molar refractivity (Wildman–Crippen MR) is 77.0 cm³/mol. The topological polar surface area (TPSA) is 88.5 Å². The standard InChI is InChI=1S/C12H11F6N2O2.C2H3O2.Y/c1-5(2)22-10-8(12(16,17)18)4-7(11(13,14)15)9(20-10)19-6(3)21;1-2(3)4;/h4-5H,3H2,1-2H3,(H,19,20,21);1H2,(H,3,4);/q2*-1;. The molecule has 0 aliphatic rings. The van der Waals surface area contributed by atoms with Crippen molar-refractivity contribution < 1.29 is 78.5 Å². The number of nitrogens with zero attached hydrogens (tertiary/aromatic N) is 1. The van der Waals surface area contributed by atoms with Crippen molar-refractivity contribution in [3.63, 3.8) is 0 Å². The van der Waals surface area contributed by atoms with Gasteiger partial charge in [-0.2, -0.15) is 31.3 Å². The van der Waals surface area contributed by atoms with Gasteiger partial charge in [-0.3, -0.25) is 11.7 Å². The normalized spacial score (nSPS) is 11.0. The summed E-state index contributed by atoms with van der Waals surface area (Å²) < 4.78 is 81.9. The molecule has 0 aliphatic carbocycles. The molecule has 0 saturated carbocycles. The van der Waals surface area contributed by atoms with Crippen molar-refractivity contribution in [1.29, 1.82) is 0 Å². The second kappa shape index (κ2) is 10.6. The van der Waals surface area contributed by atoms with Gasteiger partial charge in [-0.25, -0.2) is 0 Å². The van der Waals surface area contributed by atoms with E-state index in [4.69, 9.17) is 14.6 Å². The molecule has 27 heavy (non-hydrogen) atoms. The SMILES string of the molecule is [CH2-]C(=O)Nc1nc(OC(C)C)c(C(F)(F)F)cc1C(F)(F)F.[CH2-]C(=O)O.[Y]. The Morgan fingerprint density at radius 3 is 1.81 bits per heavy atom. The van der Waals surface area contributed by atoms with Gasteiger partial charge in [-0.05, 0) is 19.9 Å². The van der Waals surface area contributed by atoms with Crippen LogP contribution >= 0.6 is 0 Å². The van der Waals surface area contributed by atoms with E-state index in [1.807, 2.05) is 0 Å². The summed E-state index contributed by atoms with van der Waals surface area (Å²) in [5, 5.41) is 8.95. The molecule has 0 aliphatic heterocycles. The minimum atomic E-state index is -5.15. The summed E-state index contributed by atoms with van der Waals surface area (Å²) in [4.78, 5) is 22.9. The number of nitrogens with one attached hydrogen (secondary N) is 1. The third-order valence-electron chi connectivity index (χ3n) is 2.20. The fourth-order valence-electron chi connectivity index (χ4n) is 1.46. The van der Waals surface area contributed by atoms with E-state index in [0.717, 1.165) is 0 Å². The van der Waals surface area contributed by atoms with Gasteiger partial charge in [0.05, 0.1) is 17.6 Å². The van der Waals surface area contributed by atoms with Gasteiger partial charge in [-0.15, -0.1) is 0 Å². The number of carbonyl (C=O) groups excluding carboxylic acids is 1. The van der Waals surface area contributed by atoms with Gasteiger partial charge in [0.2, 0.25) is 5.88 Å². The van der Waals surface area contributed by atoms with Gasteiger partial charge in [-0.1, -0.05) is 0 Å². The predicted octanol–water partition coefficient (Wildman–Crippen LogP) is 3.58. The molecule has 151 valence electrons. The number of ether oxygens (including phenoxy) is 1. The number of amides is 1. The fourth-order valence-corrected chi connectivity index (χ4v) is 1.46. The van der Waals surface area contributed by atoms with Gasteiger partial charge in [0.25, 0.3) is 0 Å². The van der Waals surface area contributed by atoms with Gasteiger partial charge < -0.3 is 26.9 Å². The minimum absolute atomic E-state index is 0. The molecule has 0 bridgehead atoms. The molecule has 1 radical (unpaired) electrons.